The molecule has 256 valence electrons. The van der Waals surface area contributed by atoms with E-state index in [4.69, 9.17) is 0 Å². The second kappa shape index (κ2) is 14.2. The van der Waals surface area contributed by atoms with Gasteiger partial charge in [-0.05, 0) is 90.3 Å². The van der Waals surface area contributed by atoms with Crippen LogP contribution in [0.1, 0.15) is 74.1 Å². The number of fused-ring (bicyclic) bond motifs is 6. The fraction of sp³-hybridized carbons (Fsp3) is 0.188. The van der Waals surface area contributed by atoms with Gasteiger partial charge in [0.15, 0.2) is 0 Å². The van der Waals surface area contributed by atoms with E-state index in [0.717, 1.165) is 69.5 Å². The minimum Gasteiger partial charge on any atom is -0.313 e. The van der Waals surface area contributed by atoms with Gasteiger partial charge in [0.1, 0.15) is 6.07 Å². The van der Waals surface area contributed by atoms with Gasteiger partial charge >= 0.3 is 0 Å². The summed E-state index contributed by atoms with van der Waals surface area (Å²) >= 11 is 0. The zero-order valence-electron chi connectivity index (χ0n) is 30.1. The van der Waals surface area contributed by atoms with Crippen LogP contribution < -0.4 is 0 Å². The summed E-state index contributed by atoms with van der Waals surface area (Å²) in [6.07, 6.45) is 10.5. The van der Waals surface area contributed by atoms with Gasteiger partial charge in [-0.25, -0.2) is 0 Å². The van der Waals surface area contributed by atoms with Crippen LogP contribution in [0.3, 0.4) is 0 Å². The van der Waals surface area contributed by atoms with Crippen molar-refractivity contribution >= 4 is 60.6 Å². The van der Waals surface area contributed by atoms with Crippen LogP contribution in [0.5, 0.6) is 0 Å². The monoisotopic (exact) mass is 685 g/mol. The lowest BCUT2D eigenvalue weighted by molar-refractivity contribution is 0.492. The molecule has 53 heavy (non-hydrogen) atoms. The van der Waals surface area contributed by atoms with Gasteiger partial charge in [-0.1, -0.05) is 105 Å². The highest BCUT2D eigenvalue weighted by atomic mass is 15.0. The molecule has 5 aromatic carbocycles. The van der Waals surface area contributed by atoms with Crippen molar-refractivity contribution in [3.05, 3.63) is 150 Å². The van der Waals surface area contributed by atoms with Crippen LogP contribution in [-0.4, -0.2) is 9.13 Å². The number of hydrogen-bond acceptors (Lipinski definition) is 3. The van der Waals surface area contributed by atoms with Gasteiger partial charge in [-0.15, -0.1) is 0 Å². The third-order valence-corrected chi connectivity index (χ3v) is 10.9. The summed E-state index contributed by atoms with van der Waals surface area (Å²) in [5, 5.41) is 34.0. The predicted molar refractivity (Wildman–Crippen MR) is 218 cm³/mol. The SMILES string of the molecule is CCC/C(=C(\C=C/CC#N)n1c2ccccc2c2cccc(C#N)c21)c1ccccc1C1CCC(n2c3ccccc3c3cc(C#N)ccc32)=CC1C. The molecule has 0 fully saturated rings. The summed E-state index contributed by atoms with van der Waals surface area (Å²) in [6.45, 7) is 4.56. The Labute approximate surface area is 310 Å². The van der Waals surface area contributed by atoms with Gasteiger partial charge in [0.2, 0.25) is 0 Å². The Hall–Kier alpha value is -6.61. The molecule has 0 radical (unpaired) electrons. The molecule has 0 spiro atoms. The Kier molecular flexibility index (Phi) is 8.98. The summed E-state index contributed by atoms with van der Waals surface area (Å²) in [4.78, 5) is 0. The van der Waals surface area contributed by atoms with Gasteiger partial charge in [-0.2, -0.15) is 15.8 Å². The maximum Gasteiger partial charge on any atom is 0.101 e. The van der Waals surface area contributed by atoms with Gasteiger partial charge < -0.3 is 9.13 Å². The van der Waals surface area contributed by atoms with E-state index in [0.29, 0.717) is 17.5 Å². The van der Waals surface area contributed by atoms with Crippen molar-refractivity contribution in [1.29, 1.82) is 15.8 Å². The topological polar surface area (TPSA) is 81.2 Å². The molecule has 0 aliphatic heterocycles. The van der Waals surface area contributed by atoms with E-state index >= 15 is 0 Å². The molecule has 7 aromatic rings. The highest BCUT2D eigenvalue weighted by molar-refractivity contribution is 6.14. The molecule has 0 bridgehead atoms. The van der Waals surface area contributed by atoms with E-state index in [1.54, 1.807) is 0 Å². The Balaban J connectivity index is 1.31. The Morgan fingerprint density at radius 3 is 2.25 bits per heavy atom. The summed E-state index contributed by atoms with van der Waals surface area (Å²) in [5.74, 6) is 0.547. The van der Waals surface area contributed by atoms with Crippen molar-refractivity contribution < 1.29 is 0 Å². The summed E-state index contributed by atoms with van der Waals surface area (Å²) < 4.78 is 4.67. The number of benzene rings is 5. The number of allylic oxidation sites excluding steroid dienone is 6. The lowest BCUT2D eigenvalue weighted by atomic mass is 9.76. The first-order valence-electron chi connectivity index (χ1n) is 18.5. The molecular formula is C48H39N5. The molecule has 2 aromatic heterocycles. The van der Waals surface area contributed by atoms with E-state index in [9.17, 15) is 15.8 Å². The van der Waals surface area contributed by atoms with Gasteiger partial charge in [0.05, 0.1) is 51.8 Å². The molecule has 2 heterocycles. The van der Waals surface area contributed by atoms with Crippen LogP contribution in [-0.2, 0) is 0 Å². The smallest absolute Gasteiger partial charge is 0.101 e. The molecule has 0 saturated heterocycles. The predicted octanol–water partition coefficient (Wildman–Crippen LogP) is 12.3. The van der Waals surface area contributed by atoms with Crippen LogP contribution in [0.2, 0.25) is 0 Å². The minimum absolute atomic E-state index is 0.258. The van der Waals surface area contributed by atoms with E-state index in [1.165, 1.54) is 27.9 Å². The minimum atomic E-state index is 0.258. The molecule has 2 atom stereocenters. The molecule has 0 N–H and O–H groups in total. The first-order valence-corrected chi connectivity index (χ1v) is 18.5. The largest absolute Gasteiger partial charge is 0.313 e. The first-order chi connectivity index (χ1) is 26.1. The zero-order chi connectivity index (χ0) is 36.5. The fourth-order valence-corrected chi connectivity index (χ4v) is 8.68. The molecule has 0 amide bonds. The molecule has 8 rings (SSSR count). The second-order valence-electron chi connectivity index (χ2n) is 14.0. The number of para-hydroxylation sites is 3. The molecule has 2 unspecified atom stereocenters. The number of aromatic nitrogens is 2. The van der Waals surface area contributed by atoms with Crippen molar-refractivity contribution in [3.8, 4) is 18.2 Å². The quantitative estimate of drug-likeness (QED) is 0.149. The van der Waals surface area contributed by atoms with Crippen molar-refractivity contribution in [3.63, 3.8) is 0 Å². The highest BCUT2D eigenvalue weighted by Gasteiger charge is 2.29. The first kappa shape index (κ1) is 33.5. The van der Waals surface area contributed by atoms with E-state index in [1.807, 2.05) is 30.3 Å². The number of hydrogen-bond donors (Lipinski definition) is 0. The van der Waals surface area contributed by atoms with Gasteiger partial charge in [0, 0.05) is 32.9 Å². The summed E-state index contributed by atoms with van der Waals surface area (Å²) in [7, 11) is 0. The molecule has 1 aliphatic rings. The Morgan fingerprint density at radius 2 is 1.49 bits per heavy atom. The van der Waals surface area contributed by atoms with E-state index in [2.05, 4.69) is 138 Å². The maximum absolute atomic E-state index is 10.4. The van der Waals surface area contributed by atoms with Crippen LogP contribution in [0.15, 0.2) is 127 Å². The van der Waals surface area contributed by atoms with Crippen molar-refractivity contribution in [1.82, 2.24) is 9.13 Å². The molecule has 0 saturated carbocycles. The van der Waals surface area contributed by atoms with E-state index in [-0.39, 0.29) is 11.8 Å². The summed E-state index contributed by atoms with van der Waals surface area (Å²) in [5.41, 5.74) is 11.6. The molecule has 1 aliphatic carbocycles. The van der Waals surface area contributed by atoms with Gasteiger partial charge in [-0.3, -0.25) is 0 Å². The average molecular weight is 686 g/mol. The normalized spacial score (nSPS) is 16.5. The highest BCUT2D eigenvalue weighted by Crippen LogP contribution is 2.45. The Morgan fingerprint density at radius 1 is 0.774 bits per heavy atom. The summed E-state index contributed by atoms with van der Waals surface area (Å²) in [6, 6.07) is 44.8. The van der Waals surface area contributed by atoms with Crippen molar-refractivity contribution in [2.24, 2.45) is 5.92 Å². The maximum atomic E-state index is 10.4. The van der Waals surface area contributed by atoms with Crippen LogP contribution in [0.4, 0.5) is 0 Å². The average Bonchev–Trinajstić information content (AvgIpc) is 3.71. The van der Waals surface area contributed by atoms with Crippen LogP contribution >= 0.6 is 0 Å². The lowest BCUT2D eigenvalue weighted by Gasteiger charge is -2.31. The van der Waals surface area contributed by atoms with Crippen molar-refractivity contribution in [2.45, 2.75) is 51.9 Å². The standard InChI is InChI=1S/C48H39N5/c1-3-13-39(45(22-10-11-27-49)53-46-21-9-6-17-40(46)42-19-12-14-34(31-51)48(42)53)38-16-5-4-15-37(38)36-25-24-35(28-32(36)2)52-44-20-8-7-18-41(44)43-29-33(30-50)23-26-47(43)52/h4-10,12,14-23,26,28-29,32,36H,3,11,13,24-25H2,1-2H3/b22-10-,45-39-. The number of nitrogens with zero attached hydrogens (tertiary/aromatic N) is 5. The molecular weight excluding hydrogens is 647 g/mol. The second-order valence-corrected chi connectivity index (χ2v) is 14.0. The van der Waals surface area contributed by atoms with Gasteiger partial charge in [0.25, 0.3) is 0 Å². The third-order valence-electron chi connectivity index (χ3n) is 10.9. The Bertz CT molecular complexity index is 2780. The zero-order valence-corrected chi connectivity index (χ0v) is 30.1. The number of rotatable bonds is 8. The van der Waals surface area contributed by atoms with Crippen LogP contribution in [0.25, 0.3) is 60.6 Å². The lowest BCUT2D eigenvalue weighted by Crippen LogP contribution is -2.17. The molecule has 5 heteroatoms. The van der Waals surface area contributed by atoms with Crippen molar-refractivity contribution in [2.75, 3.05) is 0 Å². The van der Waals surface area contributed by atoms with E-state index < -0.39 is 0 Å². The molecule has 5 nitrogen and oxygen atoms in total. The third kappa shape index (κ3) is 5.70. The van der Waals surface area contributed by atoms with Crippen LogP contribution in [0, 0.1) is 39.9 Å². The number of nitriles is 3. The fourth-order valence-electron chi connectivity index (χ4n) is 8.68.